The fourth-order valence-corrected chi connectivity index (χ4v) is 1.04. The van der Waals surface area contributed by atoms with Crippen LogP contribution in [-0.4, -0.2) is 19.5 Å². The summed E-state index contributed by atoms with van der Waals surface area (Å²) in [5, 5.41) is 0. The minimum Gasteiger partial charge on any atom is -0.381 e. The fraction of sp³-hybridized carbons (Fsp3) is 0.364. The fourth-order valence-electron chi connectivity index (χ4n) is 1.04. The zero-order chi connectivity index (χ0) is 9.36. The number of hydrogen-bond acceptors (Lipinski definition) is 2. The number of rotatable bonds is 1. The van der Waals surface area contributed by atoms with E-state index in [0.717, 1.165) is 25.1 Å². The van der Waals surface area contributed by atoms with Crippen LogP contribution in [-0.2, 0) is 4.74 Å². The van der Waals surface area contributed by atoms with Crippen LogP contribution >= 0.6 is 0 Å². The molecule has 0 radical (unpaired) electrons. The second-order valence-corrected chi connectivity index (χ2v) is 2.85. The van der Waals surface area contributed by atoms with E-state index in [2.05, 4.69) is 0 Å². The van der Waals surface area contributed by atoms with Gasteiger partial charge in [-0.05, 0) is 12.8 Å². The molecule has 1 heterocycles. The summed E-state index contributed by atoms with van der Waals surface area (Å²) in [4.78, 5) is 10.0. The molecule has 0 spiro atoms. The third-order valence-electron chi connectivity index (χ3n) is 1.76. The lowest BCUT2D eigenvalue weighted by Crippen LogP contribution is -1.74. The van der Waals surface area contributed by atoms with Crippen LogP contribution in [0.4, 0.5) is 0 Å². The molecule has 1 fully saturated rings. The van der Waals surface area contributed by atoms with E-state index in [9.17, 15) is 4.79 Å². The molecule has 2 nitrogen and oxygen atoms in total. The van der Waals surface area contributed by atoms with E-state index < -0.39 is 0 Å². The number of carbonyl (C=O) groups is 1. The summed E-state index contributed by atoms with van der Waals surface area (Å²) < 4.78 is 4.94. The molecule has 0 aromatic heterocycles. The molecule has 2 heteroatoms. The SMILES string of the molecule is C1CCOC1.O=Cc1ccccc1. The Labute approximate surface area is 78.5 Å². The highest BCUT2D eigenvalue weighted by atomic mass is 16.5. The molecule has 70 valence electrons. The maximum atomic E-state index is 10.0. The van der Waals surface area contributed by atoms with Gasteiger partial charge in [0.15, 0.2) is 0 Å². The summed E-state index contributed by atoms with van der Waals surface area (Å²) in [7, 11) is 0. The number of benzene rings is 1. The lowest BCUT2D eigenvalue weighted by Gasteiger charge is -1.81. The van der Waals surface area contributed by atoms with Gasteiger partial charge >= 0.3 is 0 Å². The van der Waals surface area contributed by atoms with E-state index in [4.69, 9.17) is 4.74 Å². The van der Waals surface area contributed by atoms with Crippen molar-refractivity contribution in [2.75, 3.05) is 13.2 Å². The second kappa shape index (κ2) is 6.38. The Bertz CT molecular complexity index is 219. The Balaban J connectivity index is 0.000000145. The van der Waals surface area contributed by atoms with Crippen LogP contribution in [0.1, 0.15) is 23.2 Å². The van der Waals surface area contributed by atoms with E-state index in [1.54, 1.807) is 12.1 Å². The van der Waals surface area contributed by atoms with Crippen molar-refractivity contribution in [2.45, 2.75) is 12.8 Å². The van der Waals surface area contributed by atoms with Crippen molar-refractivity contribution in [1.82, 2.24) is 0 Å². The predicted molar refractivity (Wildman–Crippen MR) is 51.9 cm³/mol. The molecule has 1 aromatic carbocycles. The maximum Gasteiger partial charge on any atom is 0.150 e. The molecule has 1 aliphatic rings. The quantitative estimate of drug-likeness (QED) is 0.617. The first-order valence-corrected chi connectivity index (χ1v) is 4.51. The summed E-state index contributed by atoms with van der Waals surface area (Å²) in [6, 6.07) is 9.10. The molecule has 0 bridgehead atoms. The third kappa shape index (κ3) is 4.43. The minimum atomic E-state index is 0.729. The molecule has 13 heavy (non-hydrogen) atoms. The zero-order valence-electron chi connectivity index (χ0n) is 7.61. The predicted octanol–water partition coefficient (Wildman–Crippen LogP) is 2.30. The topological polar surface area (TPSA) is 26.3 Å². The lowest BCUT2D eigenvalue weighted by molar-refractivity contribution is 0.112. The van der Waals surface area contributed by atoms with Crippen molar-refractivity contribution < 1.29 is 9.53 Å². The first-order chi connectivity index (χ1) is 6.43. The zero-order valence-corrected chi connectivity index (χ0v) is 7.61. The van der Waals surface area contributed by atoms with Crippen LogP contribution in [0.3, 0.4) is 0 Å². The smallest absolute Gasteiger partial charge is 0.150 e. The molecule has 1 aliphatic heterocycles. The molecule has 0 unspecified atom stereocenters. The van der Waals surface area contributed by atoms with Crippen molar-refractivity contribution in [2.24, 2.45) is 0 Å². The monoisotopic (exact) mass is 178 g/mol. The first kappa shape index (κ1) is 9.93. The Morgan fingerprint density at radius 3 is 2.00 bits per heavy atom. The van der Waals surface area contributed by atoms with Crippen molar-refractivity contribution in [3.05, 3.63) is 35.9 Å². The van der Waals surface area contributed by atoms with Gasteiger partial charge in [0.05, 0.1) is 0 Å². The van der Waals surface area contributed by atoms with E-state index in [1.807, 2.05) is 18.2 Å². The number of ether oxygens (including phenoxy) is 1. The maximum absolute atomic E-state index is 10.0. The highest BCUT2D eigenvalue weighted by molar-refractivity contribution is 5.74. The molecule has 2 rings (SSSR count). The number of aldehydes is 1. The van der Waals surface area contributed by atoms with E-state index >= 15 is 0 Å². The Morgan fingerprint density at radius 1 is 1.08 bits per heavy atom. The van der Waals surface area contributed by atoms with Crippen LogP contribution in [0.15, 0.2) is 30.3 Å². The molecule has 1 aromatic rings. The van der Waals surface area contributed by atoms with Crippen molar-refractivity contribution >= 4 is 6.29 Å². The van der Waals surface area contributed by atoms with Gasteiger partial charge in [0.1, 0.15) is 6.29 Å². The molecule has 1 saturated heterocycles. The average molecular weight is 178 g/mol. The normalized spacial score (nSPS) is 14.5. The van der Waals surface area contributed by atoms with Crippen LogP contribution < -0.4 is 0 Å². The summed E-state index contributed by atoms with van der Waals surface area (Å²) in [5.74, 6) is 0. The van der Waals surface area contributed by atoms with Crippen molar-refractivity contribution in [3.63, 3.8) is 0 Å². The summed E-state index contributed by atoms with van der Waals surface area (Å²) >= 11 is 0. The first-order valence-electron chi connectivity index (χ1n) is 4.51. The number of hydrogen-bond donors (Lipinski definition) is 0. The molecule has 0 saturated carbocycles. The Hall–Kier alpha value is -1.15. The van der Waals surface area contributed by atoms with Gasteiger partial charge in [-0.2, -0.15) is 0 Å². The van der Waals surface area contributed by atoms with Gasteiger partial charge in [-0.15, -0.1) is 0 Å². The highest BCUT2D eigenvalue weighted by Crippen LogP contribution is 1.98. The number of carbonyl (C=O) groups excluding carboxylic acids is 1. The Morgan fingerprint density at radius 2 is 1.69 bits per heavy atom. The lowest BCUT2D eigenvalue weighted by atomic mass is 10.2. The molecule has 0 atom stereocenters. The van der Waals surface area contributed by atoms with Gasteiger partial charge in [0.2, 0.25) is 0 Å². The minimum absolute atomic E-state index is 0.729. The molecular weight excluding hydrogens is 164 g/mol. The van der Waals surface area contributed by atoms with Crippen LogP contribution in [0.2, 0.25) is 0 Å². The standard InChI is InChI=1S/C7H6O.C4H8O/c8-6-7-4-2-1-3-5-7;1-2-4-5-3-1/h1-6H;1-4H2. The average Bonchev–Trinajstić information content (AvgIpc) is 2.77. The van der Waals surface area contributed by atoms with Crippen LogP contribution in [0.25, 0.3) is 0 Å². The van der Waals surface area contributed by atoms with E-state index in [1.165, 1.54) is 12.8 Å². The van der Waals surface area contributed by atoms with Gasteiger partial charge in [-0.3, -0.25) is 4.79 Å². The second-order valence-electron chi connectivity index (χ2n) is 2.85. The largest absolute Gasteiger partial charge is 0.381 e. The molecule has 0 amide bonds. The molecule has 0 aliphatic carbocycles. The van der Waals surface area contributed by atoms with Crippen LogP contribution in [0.5, 0.6) is 0 Å². The van der Waals surface area contributed by atoms with Crippen molar-refractivity contribution in [1.29, 1.82) is 0 Å². The van der Waals surface area contributed by atoms with Gasteiger partial charge in [0, 0.05) is 18.8 Å². The van der Waals surface area contributed by atoms with E-state index in [-0.39, 0.29) is 0 Å². The third-order valence-corrected chi connectivity index (χ3v) is 1.76. The van der Waals surface area contributed by atoms with Gasteiger partial charge in [-0.25, -0.2) is 0 Å². The van der Waals surface area contributed by atoms with E-state index in [0.29, 0.717) is 0 Å². The van der Waals surface area contributed by atoms with Gasteiger partial charge < -0.3 is 4.74 Å². The van der Waals surface area contributed by atoms with Crippen molar-refractivity contribution in [3.8, 4) is 0 Å². The molecule has 0 N–H and O–H groups in total. The van der Waals surface area contributed by atoms with Crippen LogP contribution in [0, 0.1) is 0 Å². The summed E-state index contributed by atoms with van der Waals surface area (Å²) in [5.41, 5.74) is 0.729. The summed E-state index contributed by atoms with van der Waals surface area (Å²) in [6.07, 6.45) is 3.39. The molecular formula is C11H14O2. The Kier molecular flexibility index (Phi) is 4.87. The highest BCUT2D eigenvalue weighted by Gasteiger charge is 1.94. The van der Waals surface area contributed by atoms with Gasteiger partial charge in [0.25, 0.3) is 0 Å². The summed E-state index contributed by atoms with van der Waals surface area (Å²) in [6.45, 7) is 2.00. The van der Waals surface area contributed by atoms with Gasteiger partial charge in [-0.1, -0.05) is 30.3 Å².